The number of hydrogen-bond acceptors (Lipinski definition) is 7. The van der Waals surface area contributed by atoms with Crippen LogP contribution in [0.15, 0.2) is 76.1 Å². The molecule has 9 nitrogen and oxygen atoms in total. The molecule has 0 bridgehead atoms. The number of aromatic nitrogens is 1. The van der Waals surface area contributed by atoms with Crippen LogP contribution < -0.4 is 26.7 Å². The van der Waals surface area contributed by atoms with E-state index in [0.29, 0.717) is 34.5 Å². The Morgan fingerprint density at radius 2 is 1.88 bits per heavy atom. The number of nitrogens with two attached hydrogens (primary N) is 1. The minimum Gasteiger partial charge on any atom is -0.497 e. The number of hydrogen-bond donors (Lipinski definition) is 3. The highest BCUT2D eigenvalue weighted by atomic mass is 16.5. The first-order valence-corrected chi connectivity index (χ1v) is 9.95. The number of fused-ring (bicyclic) bond motifs is 1. The Labute approximate surface area is 188 Å². The molecule has 2 heterocycles. The highest BCUT2D eigenvalue weighted by Crippen LogP contribution is 2.23. The quantitative estimate of drug-likeness (QED) is 0.372. The zero-order valence-electron chi connectivity index (χ0n) is 17.6. The van der Waals surface area contributed by atoms with Crippen molar-refractivity contribution in [2.24, 2.45) is 5.73 Å². The lowest BCUT2D eigenvalue weighted by atomic mass is 10.1. The fraction of sp³-hybridized carbons (Fsp3) is 0.0833. The molecule has 4 N–H and O–H groups in total. The molecule has 0 fully saturated rings. The molecule has 0 saturated heterocycles. The molecule has 4 aromatic rings. The standard InChI is InChI=1S/C24H20N4O5/c1-32-16-7-6-15-11-20(24(31)33-21(15)12-16)28-23(30)17-4-2-3-5-18(17)27-13-14-8-9-26-19(10-14)22(25)29/h2-12,27H,13H2,1H3,(H2,25,29)(H,28,30). The largest absolute Gasteiger partial charge is 0.497 e. The third-order valence-electron chi connectivity index (χ3n) is 4.92. The Balaban J connectivity index is 1.55. The van der Waals surface area contributed by atoms with Crippen molar-refractivity contribution < 1.29 is 18.7 Å². The van der Waals surface area contributed by atoms with E-state index in [1.807, 2.05) is 0 Å². The number of carbonyl (C=O) groups is 2. The first kappa shape index (κ1) is 21.6. The number of nitrogens with zero attached hydrogens (tertiary/aromatic N) is 1. The van der Waals surface area contributed by atoms with Gasteiger partial charge in [0.05, 0.1) is 12.7 Å². The van der Waals surface area contributed by atoms with Crippen LogP contribution in [-0.4, -0.2) is 23.9 Å². The highest BCUT2D eigenvalue weighted by Gasteiger charge is 2.15. The molecule has 0 radical (unpaired) electrons. The van der Waals surface area contributed by atoms with Crippen LogP contribution in [0.1, 0.15) is 26.4 Å². The summed E-state index contributed by atoms with van der Waals surface area (Å²) in [6.07, 6.45) is 1.49. The molecule has 9 heteroatoms. The number of rotatable bonds is 7. The third-order valence-corrected chi connectivity index (χ3v) is 4.92. The summed E-state index contributed by atoms with van der Waals surface area (Å²) in [4.78, 5) is 40.6. The average molecular weight is 444 g/mol. The van der Waals surface area contributed by atoms with Crippen LogP contribution in [0, 0.1) is 0 Å². The second-order valence-electron chi connectivity index (χ2n) is 7.12. The monoisotopic (exact) mass is 444 g/mol. The lowest BCUT2D eigenvalue weighted by Crippen LogP contribution is -2.19. The van der Waals surface area contributed by atoms with Gasteiger partial charge in [-0.1, -0.05) is 12.1 Å². The van der Waals surface area contributed by atoms with Gasteiger partial charge in [-0.2, -0.15) is 0 Å². The fourth-order valence-corrected chi connectivity index (χ4v) is 3.25. The molecule has 2 aromatic heterocycles. The number of pyridine rings is 1. The summed E-state index contributed by atoms with van der Waals surface area (Å²) in [6, 6.07) is 16.8. The number of amides is 2. The molecule has 0 aliphatic heterocycles. The smallest absolute Gasteiger partial charge is 0.360 e. The first-order chi connectivity index (χ1) is 15.9. The fourth-order valence-electron chi connectivity index (χ4n) is 3.25. The van der Waals surface area contributed by atoms with Crippen LogP contribution >= 0.6 is 0 Å². The maximum atomic E-state index is 13.0. The summed E-state index contributed by atoms with van der Waals surface area (Å²) >= 11 is 0. The predicted octanol–water partition coefficient (Wildman–Crippen LogP) is 3.16. The molecule has 0 saturated carbocycles. The van der Waals surface area contributed by atoms with Crippen molar-refractivity contribution in [3.63, 3.8) is 0 Å². The number of ether oxygens (including phenoxy) is 1. The van der Waals surface area contributed by atoms with Crippen LogP contribution in [-0.2, 0) is 6.54 Å². The van der Waals surface area contributed by atoms with E-state index in [1.165, 1.54) is 13.3 Å². The van der Waals surface area contributed by atoms with Crippen molar-refractivity contribution in [2.45, 2.75) is 6.54 Å². The van der Waals surface area contributed by atoms with Crippen molar-refractivity contribution in [3.8, 4) is 5.75 Å². The molecule has 2 aromatic carbocycles. The van der Waals surface area contributed by atoms with E-state index >= 15 is 0 Å². The second-order valence-corrected chi connectivity index (χ2v) is 7.12. The van der Waals surface area contributed by atoms with Crippen LogP contribution in [0.25, 0.3) is 11.0 Å². The molecule has 166 valence electrons. The highest BCUT2D eigenvalue weighted by molar-refractivity contribution is 6.08. The first-order valence-electron chi connectivity index (χ1n) is 9.95. The summed E-state index contributed by atoms with van der Waals surface area (Å²) < 4.78 is 10.5. The van der Waals surface area contributed by atoms with E-state index in [4.69, 9.17) is 14.9 Å². The van der Waals surface area contributed by atoms with Gasteiger partial charge in [0.25, 0.3) is 11.8 Å². The van der Waals surface area contributed by atoms with Gasteiger partial charge in [0.1, 0.15) is 22.7 Å². The number of methoxy groups -OCH3 is 1. The van der Waals surface area contributed by atoms with Crippen molar-refractivity contribution in [2.75, 3.05) is 17.7 Å². The van der Waals surface area contributed by atoms with Gasteiger partial charge in [0.15, 0.2) is 0 Å². The van der Waals surface area contributed by atoms with Gasteiger partial charge >= 0.3 is 5.63 Å². The molecule has 0 aliphatic rings. The average Bonchev–Trinajstić information content (AvgIpc) is 2.83. The molecule has 0 spiro atoms. The Bertz CT molecular complexity index is 1410. The molecule has 2 amide bonds. The number of carbonyl (C=O) groups excluding carboxylic acids is 2. The third kappa shape index (κ3) is 4.82. The van der Waals surface area contributed by atoms with Crippen molar-refractivity contribution in [1.82, 2.24) is 4.98 Å². The molecule has 0 atom stereocenters. The Morgan fingerprint density at radius 1 is 1.06 bits per heavy atom. The Hall–Kier alpha value is -4.66. The predicted molar refractivity (Wildman–Crippen MR) is 124 cm³/mol. The zero-order chi connectivity index (χ0) is 23.4. The number of anilines is 2. The Morgan fingerprint density at radius 3 is 2.67 bits per heavy atom. The number of para-hydroxylation sites is 1. The van der Waals surface area contributed by atoms with Crippen molar-refractivity contribution in [1.29, 1.82) is 0 Å². The van der Waals surface area contributed by atoms with Crippen LogP contribution in [0.4, 0.5) is 11.4 Å². The molecule has 0 aliphatic carbocycles. The molecular formula is C24H20N4O5. The summed E-state index contributed by atoms with van der Waals surface area (Å²) in [7, 11) is 1.52. The van der Waals surface area contributed by atoms with Gasteiger partial charge < -0.3 is 25.5 Å². The van der Waals surface area contributed by atoms with Crippen LogP contribution in [0.2, 0.25) is 0 Å². The van der Waals surface area contributed by atoms with Gasteiger partial charge in [-0.3, -0.25) is 14.6 Å². The summed E-state index contributed by atoms with van der Waals surface area (Å²) in [5, 5.41) is 6.42. The molecular weight excluding hydrogens is 424 g/mol. The zero-order valence-corrected chi connectivity index (χ0v) is 17.6. The summed E-state index contributed by atoms with van der Waals surface area (Å²) in [5.41, 5.74) is 6.76. The topological polar surface area (TPSA) is 137 Å². The van der Waals surface area contributed by atoms with Crippen LogP contribution in [0.5, 0.6) is 5.75 Å². The lowest BCUT2D eigenvalue weighted by molar-refractivity contribution is 0.0993. The van der Waals surface area contributed by atoms with Crippen molar-refractivity contribution >= 4 is 34.2 Å². The molecule has 4 rings (SSSR count). The normalized spacial score (nSPS) is 10.6. The SMILES string of the molecule is COc1ccc2cc(NC(=O)c3ccccc3NCc3ccnc(C(N)=O)c3)c(=O)oc2c1. The van der Waals surface area contributed by atoms with Crippen molar-refractivity contribution in [3.05, 3.63) is 94.1 Å². The van der Waals surface area contributed by atoms with Gasteiger partial charge in [-0.05, 0) is 48.0 Å². The van der Waals surface area contributed by atoms with Crippen LogP contribution in [0.3, 0.4) is 0 Å². The lowest BCUT2D eigenvalue weighted by Gasteiger charge is -2.12. The van der Waals surface area contributed by atoms with Gasteiger partial charge in [-0.25, -0.2) is 4.79 Å². The number of benzene rings is 2. The summed E-state index contributed by atoms with van der Waals surface area (Å²) in [5.74, 6) is -0.547. The minimum absolute atomic E-state index is 0.0210. The van der Waals surface area contributed by atoms with E-state index in [0.717, 1.165) is 5.56 Å². The van der Waals surface area contributed by atoms with E-state index < -0.39 is 17.4 Å². The van der Waals surface area contributed by atoms with E-state index in [1.54, 1.807) is 60.7 Å². The second kappa shape index (κ2) is 9.23. The van der Waals surface area contributed by atoms with E-state index in [-0.39, 0.29) is 11.4 Å². The number of primary amides is 1. The van der Waals surface area contributed by atoms with Gasteiger partial charge in [0.2, 0.25) is 0 Å². The van der Waals surface area contributed by atoms with Gasteiger partial charge in [0, 0.05) is 29.9 Å². The number of nitrogens with one attached hydrogen (secondary N) is 2. The summed E-state index contributed by atoms with van der Waals surface area (Å²) in [6.45, 7) is 0.326. The molecule has 0 unspecified atom stereocenters. The van der Waals surface area contributed by atoms with E-state index in [9.17, 15) is 14.4 Å². The maximum absolute atomic E-state index is 13.0. The molecule has 33 heavy (non-hydrogen) atoms. The van der Waals surface area contributed by atoms with E-state index in [2.05, 4.69) is 15.6 Å². The minimum atomic E-state index is -0.676. The Kier molecular flexibility index (Phi) is 6.03. The van der Waals surface area contributed by atoms with Gasteiger partial charge in [-0.15, -0.1) is 0 Å². The maximum Gasteiger partial charge on any atom is 0.360 e.